The van der Waals surface area contributed by atoms with Crippen molar-refractivity contribution in [3.63, 3.8) is 0 Å². The number of halogens is 1. The summed E-state index contributed by atoms with van der Waals surface area (Å²) in [5, 5.41) is 3.74. The van der Waals surface area contributed by atoms with Gasteiger partial charge in [0.2, 0.25) is 5.28 Å². The maximum absolute atomic E-state index is 6.07. The Morgan fingerprint density at radius 1 is 1.04 bits per heavy atom. The summed E-state index contributed by atoms with van der Waals surface area (Å²) in [6.45, 7) is 9.51. The highest BCUT2D eigenvalue weighted by atomic mass is 35.5. The minimum atomic E-state index is 0.305. The average Bonchev–Trinajstić information content (AvgIpc) is 2.60. The molecule has 3 heterocycles. The maximum atomic E-state index is 6.07. The van der Waals surface area contributed by atoms with Crippen molar-refractivity contribution < 1.29 is 9.47 Å². The standard InChI is InChI=1S/C15H24ClN5O2/c16-15-18-13(11-14(19-15)21-5-9-23-10-6-21)12-17-1-2-20-3-7-22-8-4-20/h11,17H,1-10,12H2. The lowest BCUT2D eigenvalue weighted by Crippen LogP contribution is -2.40. The van der Waals surface area contributed by atoms with Gasteiger partial charge in [-0.1, -0.05) is 0 Å². The first-order valence-corrected chi connectivity index (χ1v) is 8.56. The molecule has 3 rings (SSSR count). The molecular weight excluding hydrogens is 318 g/mol. The molecule has 8 heteroatoms. The Balaban J connectivity index is 1.48. The molecule has 0 aliphatic carbocycles. The Hall–Kier alpha value is -0.990. The smallest absolute Gasteiger partial charge is 0.224 e. The van der Waals surface area contributed by atoms with Crippen LogP contribution < -0.4 is 10.2 Å². The highest BCUT2D eigenvalue weighted by Gasteiger charge is 2.14. The summed E-state index contributed by atoms with van der Waals surface area (Å²) < 4.78 is 10.7. The molecule has 2 aliphatic heterocycles. The van der Waals surface area contributed by atoms with Crippen molar-refractivity contribution in [2.24, 2.45) is 0 Å². The van der Waals surface area contributed by atoms with E-state index in [-0.39, 0.29) is 0 Å². The third kappa shape index (κ3) is 5.26. The lowest BCUT2D eigenvalue weighted by Gasteiger charge is -2.28. The van der Waals surface area contributed by atoms with Crippen LogP contribution in [0.2, 0.25) is 5.28 Å². The van der Waals surface area contributed by atoms with Crippen LogP contribution in [0, 0.1) is 0 Å². The summed E-state index contributed by atoms with van der Waals surface area (Å²) in [7, 11) is 0. The largest absolute Gasteiger partial charge is 0.379 e. The van der Waals surface area contributed by atoms with E-state index < -0.39 is 0 Å². The van der Waals surface area contributed by atoms with E-state index >= 15 is 0 Å². The average molecular weight is 342 g/mol. The summed E-state index contributed by atoms with van der Waals surface area (Å²) in [6.07, 6.45) is 0. The quantitative estimate of drug-likeness (QED) is 0.593. The molecule has 1 N–H and O–H groups in total. The van der Waals surface area contributed by atoms with Crippen LogP contribution in [0.3, 0.4) is 0 Å². The summed E-state index contributed by atoms with van der Waals surface area (Å²) in [6, 6.07) is 2.01. The van der Waals surface area contributed by atoms with E-state index in [1.165, 1.54) is 0 Å². The molecule has 1 aromatic heterocycles. The van der Waals surface area contributed by atoms with Crippen molar-refractivity contribution in [3.8, 4) is 0 Å². The number of nitrogens with one attached hydrogen (secondary N) is 1. The minimum Gasteiger partial charge on any atom is -0.379 e. The Bertz CT molecular complexity index is 493. The van der Waals surface area contributed by atoms with Crippen LogP contribution in [0.5, 0.6) is 0 Å². The van der Waals surface area contributed by atoms with Crippen LogP contribution in [0.4, 0.5) is 5.82 Å². The molecule has 2 saturated heterocycles. The van der Waals surface area contributed by atoms with Crippen LogP contribution in [0.1, 0.15) is 5.69 Å². The van der Waals surface area contributed by atoms with Gasteiger partial charge in [0.15, 0.2) is 0 Å². The lowest BCUT2D eigenvalue weighted by atomic mass is 10.3. The number of hydrogen-bond donors (Lipinski definition) is 1. The molecule has 0 saturated carbocycles. The zero-order chi connectivity index (χ0) is 15.9. The van der Waals surface area contributed by atoms with E-state index in [0.717, 1.165) is 77.2 Å². The van der Waals surface area contributed by atoms with Gasteiger partial charge in [0.25, 0.3) is 0 Å². The first kappa shape index (κ1) is 16.9. The molecule has 0 radical (unpaired) electrons. The van der Waals surface area contributed by atoms with E-state index in [1.807, 2.05) is 6.07 Å². The Kier molecular flexibility index (Phi) is 6.41. The molecule has 0 bridgehead atoms. The van der Waals surface area contributed by atoms with E-state index in [4.69, 9.17) is 21.1 Å². The van der Waals surface area contributed by atoms with Crippen molar-refractivity contribution in [2.45, 2.75) is 6.54 Å². The van der Waals surface area contributed by atoms with Gasteiger partial charge in [-0.05, 0) is 11.6 Å². The van der Waals surface area contributed by atoms with Crippen molar-refractivity contribution in [1.82, 2.24) is 20.2 Å². The van der Waals surface area contributed by atoms with Crippen molar-refractivity contribution >= 4 is 17.4 Å². The fourth-order valence-electron chi connectivity index (χ4n) is 2.78. The Morgan fingerprint density at radius 3 is 2.48 bits per heavy atom. The van der Waals surface area contributed by atoms with Gasteiger partial charge in [0, 0.05) is 51.9 Å². The Labute approximate surface area is 141 Å². The molecule has 128 valence electrons. The molecule has 0 spiro atoms. The number of hydrogen-bond acceptors (Lipinski definition) is 7. The molecule has 2 aliphatic rings. The first-order valence-electron chi connectivity index (χ1n) is 8.18. The van der Waals surface area contributed by atoms with Crippen LogP contribution in [-0.4, -0.2) is 80.6 Å². The number of ether oxygens (including phenoxy) is 2. The number of aromatic nitrogens is 2. The zero-order valence-electron chi connectivity index (χ0n) is 13.3. The highest BCUT2D eigenvalue weighted by molar-refractivity contribution is 6.28. The topological polar surface area (TPSA) is 62.8 Å². The molecule has 0 amide bonds. The number of rotatable bonds is 6. The molecule has 0 unspecified atom stereocenters. The molecule has 7 nitrogen and oxygen atoms in total. The molecule has 1 aromatic rings. The summed E-state index contributed by atoms with van der Waals surface area (Å²) in [5.41, 5.74) is 0.925. The van der Waals surface area contributed by atoms with E-state index in [0.29, 0.717) is 11.8 Å². The number of morpholine rings is 2. The fraction of sp³-hybridized carbons (Fsp3) is 0.733. The van der Waals surface area contributed by atoms with E-state index in [9.17, 15) is 0 Å². The van der Waals surface area contributed by atoms with Gasteiger partial charge >= 0.3 is 0 Å². The van der Waals surface area contributed by atoms with Crippen LogP contribution >= 0.6 is 11.6 Å². The van der Waals surface area contributed by atoms with E-state index in [1.54, 1.807) is 0 Å². The molecular formula is C15H24ClN5O2. The normalized spacial score (nSPS) is 20.0. The second-order valence-electron chi connectivity index (χ2n) is 5.72. The van der Waals surface area contributed by atoms with Gasteiger partial charge in [0.1, 0.15) is 5.82 Å². The fourth-order valence-corrected chi connectivity index (χ4v) is 2.97. The maximum Gasteiger partial charge on any atom is 0.224 e. The van der Waals surface area contributed by atoms with Gasteiger partial charge in [0.05, 0.1) is 32.1 Å². The predicted molar refractivity (Wildman–Crippen MR) is 89.0 cm³/mol. The SMILES string of the molecule is Clc1nc(CNCCN2CCOCC2)cc(N2CCOCC2)n1. The van der Waals surface area contributed by atoms with Gasteiger partial charge < -0.3 is 19.7 Å². The number of nitrogens with zero attached hydrogens (tertiary/aromatic N) is 4. The molecule has 0 aromatic carbocycles. The van der Waals surface area contributed by atoms with E-state index in [2.05, 4.69) is 25.1 Å². The second-order valence-corrected chi connectivity index (χ2v) is 6.05. The van der Waals surface area contributed by atoms with Gasteiger partial charge in [-0.25, -0.2) is 9.97 Å². The van der Waals surface area contributed by atoms with Gasteiger partial charge in [-0.2, -0.15) is 0 Å². The molecule has 2 fully saturated rings. The summed E-state index contributed by atoms with van der Waals surface area (Å²) in [4.78, 5) is 13.2. The Morgan fingerprint density at radius 2 is 1.74 bits per heavy atom. The third-order valence-corrected chi connectivity index (χ3v) is 4.26. The molecule has 23 heavy (non-hydrogen) atoms. The highest BCUT2D eigenvalue weighted by Crippen LogP contribution is 2.16. The van der Waals surface area contributed by atoms with Crippen molar-refractivity contribution in [2.75, 3.05) is 70.6 Å². The van der Waals surface area contributed by atoms with Gasteiger partial charge in [-0.15, -0.1) is 0 Å². The lowest BCUT2D eigenvalue weighted by molar-refractivity contribution is 0.0384. The second kappa shape index (κ2) is 8.75. The van der Waals surface area contributed by atoms with Crippen LogP contribution in [-0.2, 0) is 16.0 Å². The van der Waals surface area contributed by atoms with Crippen molar-refractivity contribution in [1.29, 1.82) is 0 Å². The van der Waals surface area contributed by atoms with Crippen LogP contribution in [0.25, 0.3) is 0 Å². The third-order valence-electron chi connectivity index (χ3n) is 4.09. The van der Waals surface area contributed by atoms with Gasteiger partial charge in [-0.3, -0.25) is 4.90 Å². The monoisotopic (exact) mass is 341 g/mol. The summed E-state index contributed by atoms with van der Waals surface area (Å²) in [5.74, 6) is 0.887. The van der Waals surface area contributed by atoms with Crippen LogP contribution in [0.15, 0.2) is 6.07 Å². The zero-order valence-corrected chi connectivity index (χ0v) is 14.1. The minimum absolute atomic E-state index is 0.305. The predicted octanol–water partition coefficient (Wildman–Crippen LogP) is 0.388. The first-order chi connectivity index (χ1) is 11.3. The molecule has 0 atom stereocenters. The number of anilines is 1. The van der Waals surface area contributed by atoms with Crippen molar-refractivity contribution in [3.05, 3.63) is 17.0 Å². The summed E-state index contributed by atoms with van der Waals surface area (Å²) >= 11 is 6.07.